The second-order valence-electron chi connectivity index (χ2n) is 17.4. The van der Waals surface area contributed by atoms with Crippen LogP contribution in [0, 0.1) is 50.2 Å². The summed E-state index contributed by atoms with van der Waals surface area (Å²) in [6.07, 6.45) is 13.5. The average molecular weight is 635 g/mol. The van der Waals surface area contributed by atoms with E-state index in [2.05, 4.69) is 47.6 Å². The molecular weight excluding hydrogens is 580 g/mol. The Kier molecular flexibility index (Phi) is 7.82. The van der Waals surface area contributed by atoms with Gasteiger partial charge in [0.1, 0.15) is 0 Å². The molecule has 9 atom stereocenters. The van der Waals surface area contributed by atoms with Crippen LogP contribution < -0.4 is 0 Å². The van der Waals surface area contributed by atoms with E-state index >= 15 is 0 Å². The number of aliphatic hydroxyl groups excluding tert-OH is 1. The summed E-state index contributed by atoms with van der Waals surface area (Å²) in [6, 6.07) is 4.34. The molecule has 4 saturated carbocycles. The molecule has 46 heavy (non-hydrogen) atoms. The molecular formula is C39H54O7. The Morgan fingerprint density at radius 1 is 0.913 bits per heavy atom. The topological polar surface area (TPSA) is 124 Å². The van der Waals surface area contributed by atoms with Gasteiger partial charge in [-0.05, 0) is 127 Å². The molecule has 1 aromatic carbocycles. The van der Waals surface area contributed by atoms with E-state index in [1.807, 2.05) is 0 Å². The summed E-state index contributed by atoms with van der Waals surface area (Å²) in [5.74, 6) is -0.825. The first-order valence-corrected chi connectivity index (χ1v) is 17.4. The number of carboxylic acid groups (broad SMARTS) is 1. The van der Waals surface area contributed by atoms with Crippen molar-refractivity contribution < 1.29 is 34.8 Å². The number of aliphatic carboxylic acids is 1. The van der Waals surface area contributed by atoms with E-state index in [9.17, 15) is 30.0 Å². The number of ether oxygens (including phenoxy) is 1. The highest BCUT2D eigenvalue weighted by molar-refractivity contribution is 5.87. The quantitative estimate of drug-likeness (QED) is 0.112. The number of carboxylic acids is 1. The summed E-state index contributed by atoms with van der Waals surface area (Å²) in [5.41, 5.74) is 0.694. The second-order valence-corrected chi connectivity index (χ2v) is 17.4. The first-order valence-electron chi connectivity index (χ1n) is 17.4. The SMILES string of the molecule is CC1(C)[C@@H](O)CC[C@]2(C)[C@H]3CC=C4[C@H]5C[C@](C)(COC(=O)C=Cc6ccc(O)c(O)c6)CC[C@]5(C(=O)O)CC[C@@]4(C)[C@]3(C)CC[C@@H]12. The smallest absolute Gasteiger partial charge is 0.330 e. The summed E-state index contributed by atoms with van der Waals surface area (Å²) in [4.78, 5) is 25.9. The van der Waals surface area contributed by atoms with Crippen LogP contribution in [0.25, 0.3) is 6.08 Å². The van der Waals surface area contributed by atoms with Gasteiger partial charge in [-0.1, -0.05) is 59.3 Å². The maximum absolute atomic E-state index is 13.2. The van der Waals surface area contributed by atoms with Gasteiger partial charge in [0.2, 0.25) is 0 Å². The Hall–Kier alpha value is -2.80. The fraction of sp³-hybridized carbons (Fsp3) is 0.692. The Morgan fingerprint density at radius 2 is 1.63 bits per heavy atom. The number of benzene rings is 1. The van der Waals surface area contributed by atoms with E-state index in [1.54, 1.807) is 12.1 Å². The van der Waals surface area contributed by atoms with Gasteiger partial charge in [0.15, 0.2) is 11.5 Å². The van der Waals surface area contributed by atoms with Gasteiger partial charge in [-0.2, -0.15) is 0 Å². The molecule has 0 amide bonds. The molecule has 7 nitrogen and oxygen atoms in total. The number of carbonyl (C=O) groups is 2. The number of aliphatic hydroxyl groups is 1. The molecule has 6 rings (SSSR count). The Labute approximate surface area is 274 Å². The van der Waals surface area contributed by atoms with E-state index in [4.69, 9.17) is 4.74 Å². The van der Waals surface area contributed by atoms with Crippen molar-refractivity contribution in [3.63, 3.8) is 0 Å². The van der Waals surface area contributed by atoms with Crippen LogP contribution >= 0.6 is 0 Å². The molecule has 0 saturated heterocycles. The number of hydrogen-bond donors (Lipinski definition) is 4. The molecule has 0 bridgehead atoms. The minimum absolute atomic E-state index is 0.0408. The fourth-order valence-corrected chi connectivity index (χ4v) is 11.8. The van der Waals surface area contributed by atoms with Gasteiger partial charge in [-0.15, -0.1) is 0 Å². The van der Waals surface area contributed by atoms with Crippen molar-refractivity contribution in [1.82, 2.24) is 0 Å². The van der Waals surface area contributed by atoms with Crippen molar-refractivity contribution in [1.29, 1.82) is 0 Å². The third kappa shape index (κ3) is 4.77. The highest BCUT2D eigenvalue weighted by Gasteiger charge is 2.69. The molecule has 0 spiro atoms. The highest BCUT2D eigenvalue weighted by atomic mass is 16.5. The van der Waals surface area contributed by atoms with Crippen molar-refractivity contribution >= 4 is 18.0 Å². The van der Waals surface area contributed by atoms with Crippen LogP contribution in [-0.4, -0.2) is 45.1 Å². The molecule has 5 aliphatic carbocycles. The zero-order chi connectivity index (χ0) is 33.5. The molecule has 4 fully saturated rings. The molecule has 5 aliphatic rings. The monoisotopic (exact) mass is 634 g/mol. The third-order valence-electron chi connectivity index (χ3n) is 14.9. The summed E-state index contributed by atoms with van der Waals surface area (Å²) in [6.45, 7) is 14.3. The zero-order valence-corrected chi connectivity index (χ0v) is 28.6. The predicted octanol–water partition coefficient (Wildman–Crippen LogP) is 7.88. The van der Waals surface area contributed by atoms with Crippen molar-refractivity contribution in [2.75, 3.05) is 6.61 Å². The van der Waals surface area contributed by atoms with Gasteiger partial charge in [-0.3, -0.25) is 4.79 Å². The van der Waals surface area contributed by atoms with Crippen LogP contribution in [0.4, 0.5) is 0 Å². The van der Waals surface area contributed by atoms with Crippen LogP contribution in [0.15, 0.2) is 35.9 Å². The fourth-order valence-electron chi connectivity index (χ4n) is 11.8. The van der Waals surface area contributed by atoms with Gasteiger partial charge in [0, 0.05) is 11.5 Å². The number of hydrogen-bond acceptors (Lipinski definition) is 6. The Balaban J connectivity index is 1.26. The number of phenols is 2. The highest BCUT2D eigenvalue weighted by Crippen LogP contribution is 2.75. The molecule has 0 radical (unpaired) electrons. The van der Waals surface area contributed by atoms with Crippen molar-refractivity contribution in [2.45, 2.75) is 112 Å². The van der Waals surface area contributed by atoms with Crippen molar-refractivity contribution in [3.8, 4) is 11.5 Å². The maximum Gasteiger partial charge on any atom is 0.330 e. The number of phenolic OH excluding ortho intramolecular Hbond substituents is 2. The molecule has 0 heterocycles. The Morgan fingerprint density at radius 3 is 2.33 bits per heavy atom. The van der Waals surface area contributed by atoms with Crippen LogP contribution in [0.5, 0.6) is 11.5 Å². The maximum atomic E-state index is 13.2. The van der Waals surface area contributed by atoms with Crippen LogP contribution in [0.2, 0.25) is 0 Å². The van der Waals surface area contributed by atoms with E-state index < -0.39 is 17.4 Å². The van der Waals surface area contributed by atoms with Crippen LogP contribution in [-0.2, 0) is 14.3 Å². The van der Waals surface area contributed by atoms with Gasteiger partial charge in [0.25, 0.3) is 0 Å². The summed E-state index contributed by atoms with van der Waals surface area (Å²) in [5, 5.41) is 41.1. The number of fused-ring (bicyclic) bond motifs is 7. The number of esters is 1. The molecule has 252 valence electrons. The second kappa shape index (κ2) is 10.9. The standard InChI is InChI=1S/C39H54O7/c1-34(2)29-13-16-38(6)30(36(29,4)15-14-31(34)42)11-9-25-26-22-35(3,17-19-39(26,33(44)45)20-18-37(25,38)5)23-46-32(43)12-8-24-7-10-27(40)28(41)21-24/h7-10,12,21,26,29-31,40-42H,11,13-20,22-23H2,1-6H3,(H,44,45)/t26-,29+,30-,31+,35-,36+,37-,38-,39+/m1/s1. The molecule has 1 aromatic rings. The van der Waals surface area contributed by atoms with E-state index in [0.717, 1.165) is 38.5 Å². The first-order chi connectivity index (χ1) is 21.4. The molecule has 0 aliphatic heterocycles. The number of aromatic hydroxyl groups is 2. The van der Waals surface area contributed by atoms with Crippen LogP contribution in [0.3, 0.4) is 0 Å². The summed E-state index contributed by atoms with van der Waals surface area (Å²) < 4.78 is 5.78. The lowest BCUT2D eigenvalue weighted by molar-refractivity contribution is -0.206. The molecule has 0 unspecified atom stereocenters. The lowest BCUT2D eigenvalue weighted by atomic mass is 9.33. The van der Waals surface area contributed by atoms with E-state index in [0.29, 0.717) is 43.1 Å². The minimum Gasteiger partial charge on any atom is -0.504 e. The van der Waals surface area contributed by atoms with Crippen LogP contribution in [0.1, 0.15) is 111 Å². The normalized spacial score (nSPS) is 43.0. The lowest BCUT2D eigenvalue weighted by Crippen LogP contribution is -2.65. The molecule has 7 heteroatoms. The number of carbonyl (C=O) groups excluding carboxylic acids is 1. The predicted molar refractivity (Wildman–Crippen MR) is 177 cm³/mol. The minimum atomic E-state index is -0.795. The zero-order valence-electron chi connectivity index (χ0n) is 28.6. The first kappa shape index (κ1) is 33.1. The largest absolute Gasteiger partial charge is 0.504 e. The van der Waals surface area contributed by atoms with Crippen molar-refractivity contribution in [3.05, 3.63) is 41.5 Å². The summed E-state index contributed by atoms with van der Waals surface area (Å²) in [7, 11) is 0. The van der Waals surface area contributed by atoms with Crippen molar-refractivity contribution in [2.24, 2.45) is 50.2 Å². The molecule has 0 aromatic heterocycles. The number of allylic oxidation sites excluding steroid dienone is 2. The van der Waals surface area contributed by atoms with E-state index in [1.165, 1.54) is 23.8 Å². The van der Waals surface area contributed by atoms with E-state index in [-0.39, 0.29) is 57.2 Å². The Bertz CT molecular complexity index is 1480. The lowest BCUT2D eigenvalue weighted by Gasteiger charge is -2.71. The third-order valence-corrected chi connectivity index (χ3v) is 14.9. The molecule has 4 N–H and O–H groups in total. The average Bonchev–Trinajstić information content (AvgIpc) is 2.99. The van der Waals surface area contributed by atoms with Gasteiger partial charge >= 0.3 is 11.9 Å². The van der Waals surface area contributed by atoms with Gasteiger partial charge in [-0.25, -0.2) is 4.79 Å². The van der Waals surface area contributed by atoms with Gasteiger partial charge in [0.05, 0.1) is 18.1 Å². The number of rotatable bonds is 5. The summed E-state index contributed by atoms with van der Waals surface area (Å²) >= 11 is 0. The van der Waals surface area contributed by atoms with Gasteiger partial charge < -0.3 is 25.2 Å².